The number of carbonyl (C=O) groups excluding carboxylic acids is 1. The fourth-order valence-corrected chi connectivity index (χ4v) is 2.68. The average Bonchev–Trinajstić information content (AvgIpc) is 2.90. The van der Waals surface area contributed by atoms with Crippen LogP contribution in [0.15, 0.2) is 24.5 Å². The third kappa shape index (κ3) is 4.51. The Morgan fingerprint density at radius 3 is 2.76 bits per heavy atom. The monoisotopic (exact) mass is 290 g/mol. The lowest BCUT2D eigenvalue weighted by Crippen LogP contribution is -2.41. The van der Waals surface area contributed by atoms with Gasteiger partial charge in [-0.1, -0.05) is 13.0 Å². The zero-order valence-electron chi connectivity index (χ0n) is 13.2. The molecule has 2 heterocycles. The van der Waals surface area contributed by atoms with Crippen LogP contribution in [-0.2, 0) is 11.3 Å². The molecule has 1 fully saturated rings. The van der Waals surface area contributed by atoms with Crippen LogP contribution in [0.2, 0.25) is 0 Å². The minimum Gasteiger partial charge on any atom is -0.337 e. The van der Waals surface area contributed by atoms with Crippen molar-refractivity contribution in [3.8, 4) is 0 Å². The minimum absolute atomic E-state index is 0.101. The molecule has 5 heteroatoms. The maximum Gasteiger partial charge on any atom is 0.227 e. The molecule has 2 atom stereocenters. The Balaban J connectivity index is 2.05. The van der Waals surface area contributed by atoms with Gasteiger partial charge in [0.2, 0.25) is 5.91 Å². The SMILES string of the molecule is C[C@@H]1CNC[C@H]1C(=O)N(CCN(C)C)Cc1cccnc1. The zero-order valence-corrected chi connectivity index (χ0v) is 13.2. The van der Waals surface area contributed by atoms with E-state index in [0.29, 0.717) is 12.5 Å². The first-order valence-corrected chi connectivity index (χ1v) is 7.61. The van der Waals surface area contributed by atoms with E-state index in [1.807, 2.05) is 37.3 Å². The summed E-state index contributed by atoms with van der Waals surface area (Å²) < 4.78 is 0. The third-order valence-electron chi connectivity index (χ3n) is 4.06. The van der Waals surface area contributed by atoms with E-state index in [-0.39, 0.29) is 11.8 Å². The molecule has 1 aromatic heterocycles. The van der Waals surface area contributed by atoms with Crippen LogP contribution in [-0.4, -0.2) is 61.0 Å². The zero-order chi connectivity index (χ0) is 15.2. The molecule has 5 nitrogen and oxygen atoms in total. The van der Waals surface area contributed by atoms with Crippen LogP contribution < -0.4 is 5.32 Å². The molecule has 1 N–H and O–H groups in total. The lowest BCUT2D eigenvalue weighted by Gasteiger charge is -2.28. The molecular formula is C16H26N4O. The summed E-state index contributed by atoms with van der Waals surface area (Å²) in [6.45, 7) is 6.15. The minimum atomic E-state index is 0.101. The summed E-state index contributed by atoms with van der Waals surface area (Å²) >= 11 is 0. The second-order valence-corrected chi connectivity index (χ2v) is 6.17. The second-order valence-electron chi connectivity index (χ2n) is 6.17. The maximum absolute atomic E-state index is 12.8. The normalized spacial score (nSPS) is 21.7. The Morgan fingerprint density at radius 1 is 1.38 bits per heavy atom. The Morgan fingerprint density at radius 2 is 2.19 bits per heavy atom. The Hall–Kier alpha value is -1.46. The summed E-state index contributed by atoms with van der Waals surface area (Å²) in [5, 5.41) is 3.32. The van der Waals surface area contributed by atoms with E-state index in [9.17, 15) is 4.79 Å². The fraction of sp³-hybridized carbons (Fsp3) is 0.625. The lowest BCUT2D eigenvalue weighted by atomic mass is 9.96. The van der Waals surface area contributed by atoms with Gasteiger partial charge in [0, 0.05) is 38.6 Å². The highest BCUT2D eigenvalue weighted by molar-refractivity contribution is 5.79. The van der Waals surface area contributed by atoms with Crippen molar-refractivity contribution < 1.29 is 4.79 Å². The molecule has 21 heavy (non-hydrogen) atoms. The van der Waals surface area contributed by atoms with Crippen LogP contribution in [0.1, 0.15) is 12.5 Å². The number of hydrogen-bond donors (Lipinski definition) is 1. The van der Waals surface area contributed by atoms with E-state index in [1.54, 1.807) is 6.20 Å². The van der Waals surface area contributed by atoms with Crippen LogP contribution in [0, 0.1) is 11.8 Å². The van der Waals surface area contributed by atoms with E-state index in [1.165, 1.54) is 0 Å². The van der Waals surface area contributed by atoms with Crippen molar-refractivity contribution in [3.63, 3.8) is 0 Å². The Bertz CT molecular complexity index is 449. The van der Waals surface area contributed by atoms with Crippen LogP contribution in [0.5, 0.6) is 0 Å². The van der Waals surface area contributed by atoms with Crippen molar-refractivity contribution in [3.05, 3.63) is 30.1 Å². The standard InChI is InChI=1S/C16H26N4O/c1-13-9-18-11-15(13)16(21)20(8-7-19(2)3)12-14-5-4-6-17-10-14/h4-6,10,13,15,18H,7-9,11-12H2,1-3H3/t13-,15-/m1/s1. The van der Waals surface area contributed by atoms with Gasteiger partial charge in [-0.3, -0.25) is 9.78 Å². The molecule has 0 bridgehead atoms. The molecule has 1 amide bonds. The van der Waals surface area contributed by atoms with Gasteiger partial charge < -0.3 is 15.1 Å². The summed E-state index contributed by atoms with van der Waals surface area (Å²) in [5.74, 6) is 0.773. The highest BCUT2D eigenvalue weighted by Crippen LogP contribution is 2.19. The largest absolute Gasteiger partial charge is 0.337 e. The van der Waals surface area contributed by atoms with Gasteiger partial charge in [-0.05, 0) is 38.2 Å². The molecule has 0 unspecified atom stereocenters. The van der Waals surface area contributed by atoms with Crippen molar-refractivity contribution >= 4 is 5.91 Å². The topological polar surface area (TPSA) is 48.5 Å². The second kappa shape index (κ2) is 7.52. The first-order chi connectivity index (χ1) is 10.1. The highest BCUT2D eigenvalue weighted by atomic mass is 16.2. The molecule has 0 aromatic carbocycles. The van der Waals surface area contributed by atoms with Gasteiger partial charge in [-0.15, -0.1) is 0 Å². The molecule has 1 saturated heterocycles. The van der Waals surface area contributed by atoms with Crippen molar-refractivity contribution in [2.75, 3.05) is 40.3 Å². The Kier molecular flexibility index (Phi) is 5.70. The van der Waals surface area contributed by atoms with Gasteiger partial charge in [0.15, 0.2) is 0 Å². The number of hydrogen-bond acceptors (Lipinski definition) is 4. The van der Waals surface area contributed by atoms with Crippen LogP contribution in [0.4, 0.5) is 0 Å². The molecule has 1 aromatic rings. The number of amides is 1. The van der Waals surface area contributed by atoms with Crippen molar-refractivity contribution in [2.24, 2.45) is 11.8 Å². The van der Waals surface area contributed by atoms with E-state index < -0.39 is 0 Å². The first kappa shape index (κ1) is 15.9. The summed E-state index contributed by atoms with van der Waals surface area (Å²) in [6, 6.07) is 3.95. The van der Waals surface area contributed by atoms with Crippen molar-refractivity contribution in [2.45, 2.75) is 13.5 Å². The Labute approximate surface area is 127 Å². The van der Waals surface area contributed by atoms with Gasteiger partial charge in [0.1, 0.15) is 0 Å². The van der Waals surface area contributed by atoms with Gasteiger partial charge in [0.25, 0.3) is 0 Å². The molecular weight excluding hydrogens is 264 g/mol. The molecule has 116 valence electrons. The van der Waals surface area contributed by atoms with E-state index in [0.717, 1.165) is 31.7 Å². The van der Waals surface area contributed by atoms with E-state index in [4.69, 9.17) is 0 Å². The molecule has 0 aliphatic carbocycles. The number of rotatable bonds is 6. The van der Waals surface area contributed by atoms with Crippen LogP contribution >= 0.6 is 0 Å². The molecule has 1 aliphatic heterocycles. The molecule has 0 saturated carbocycles. The molecule has 0 spiro atoms. The van der Waals surface area contributed by atoms with E-state index in [2.05, 4.69) is 22.1 Å². The number of nitrogens with zero attached hydrogens (tertiary/aromatic N) is 3. The van der Waals surface area contributed by atoms with Crippen molar-refractivity contribution in [1.29, 1.82) is 0 Å². The third-order valence-corrected chi connectivity index (χ3v) is 4.06. The number of carbonyl (C=O) groups is 1. The number of nitrogens with one attached hydrogen (secondary N) is 1. The van der Waals surface area contributed by atoms with Crippen LogP contribution in [0.25, 0.3) is 0 Å². The number of aromatic nitrogens is 1. The maximum atomic E-state index is 12.8. The van der Waals surface area contributed by atoms with Gasteiger partial charge in [-0.25, -0.2) is 0 Å². The highest BCUT2D eigenvalue weighted by Gasteiger charge is 2.32. The summed E-state index contributed by atoms with van der Waals surface area (Å²) in [5.41, 5.74) is 1.09. The molecule has 0 radical (unpaired) electrons. The number of pyridine rings is 1. The van der Waals surface area contributed by atoms with Gasteiger partial charge in [0.05, 0.1) is 5.92 Å². The summed E-state index contributed by atoms with van der Waals surface area (Å²) in [4.78, 5) is 21.1. The smallest absolute Gasteiger partial charge is 0.227 e. The van der Waals surface area contributed by atoms with E-state index >= 15 is 0 Å². The summed E-state index contributed by atoms with van der Waals surface area (Å²) in [6.07, 6.45) is 3.60. The number of likely N-dealkylation sites (N-methyl/N-ethyl adjacent to an activating group) is 1. The van der Waals surface area contributed by atoms with Crippen molar-refractivity contribution in [1.82, 2.24) is 20.1 Å². The molecule has 1 aliphatic rings. The summed E-state index contributed by atoms with van der Waals surface area (Å²) in [7, 11) is 4.07. The van der Waals surface area contributed by atoms with Gasteiger partial charge in [-0.2, -0.15) is 0 Å². The first-order valence-electron chi connectivity index (χ1n) is 7.61. The lowest BCUT2D eigenvalue weighted by molar-refractivity contribution is -0.136. The van der Waals surface area contributed by atoms with Gasteiger partial charge >= 0.3 is 0 Å². The fourth-order valence-electron chi connectivity index (χ4n) is 2.68. The quantitative estimate of drug-likeness (QED) is 0.843. The predicted molar refractivity (Wildman–Crippen MR) is 83.7 cm³/mol. The predicted octanol–water partition coefficient (Wildman–Crippen LogP) is 0.827. The average molecular weight is 290 g/mol. The molecule has 2 rings (SSSR count). The van der Waals surface area contributed by atoms with Crippen LogP contribution in [0.3, 0.4) is 0 Å².